The van der Waals surface area contributed by atoms with Gasteiger partial charge < -0.3 is 10.2 Å². The van der Waals surface area contributed by atoms with Crippen molar-refractivity contribution in [2.75, 3.05) is 53.4 Å². The van der Waals surface area contributed by atoms with Crippen molar-refractivity contribution >= 4 is 10.2 Å². The van der Waals surface area contributed by atoms with E-state index in [-0.39, 0.29) is 0 Å². The fourth-order valence-electron chi connectivity index (χ4n) is 2.32. The smallest absolute Gasteiger partial charge is 0.279 e. The van der Waals surface area contributed by atoms with Gasteiger partial charge in [0.2, 0.25) is 0 Å². The minimum atomic E-state index is -3.31. The molecule has 0 amide bonds. The molecule has 6 nitrogen and oxygen atoms in total. The van der Waals surface area contributed by atoms with Gasteiger partial charge in [-0.15, -0.1) is 0 Å². The molecule has 0 aromatic heterocycles. The number of nitrogens with zero attached hydrogens (tertiary/aromatic N) is 2. The average Bonchev–Trinajstić information content (AvgIpc) is 2.39. The Hall–Kier alpha value is -0.210. The summed E-state index contributed by atoms with van der Waals surface area (Å²) in [6.45, 7) is 6.34. The Bertz CT molecular complexity index is 346. The first-order chi connectivity index (χ1) is 8.99. The number of likely N-dealkylation sites (N-methyl/N-ethyl adjacent to an activating group) is 1. The van der Waals surface area contributed by atoms with E-state index in [1.54, 1.807) is 4.31 Å². The number of rotatable bonds is 8. The molecular weight excluding hydrogens is 264 g/mol. The van der Waals surface area contributed by atoms with Gasteiger partial charge in [0.15, 0.2) is 0 Å². The van der Waals surface area contributed by atoms with Crippen LogP contribution in [0.25, 0.3) is 0 Å². The molecule has 7 heteroatoms. The highest BCUT2D eigenvalue weighted by Gasteiger charge is 2.28. The van der Waals surface area contributed by atoms with E-state index in [4.69, 9.17) is 0 Å². The van der Waals surface area contributed by atoms with E-state index in [1.165, 1.54) is 0 Å². The van der Waals surface area contributed by atoms with Crippen LogP contribution in [0, 0.1) is 5.92 Å². The second-order valence-electron chi connectivity index (χ2n) is 5.22. The largest absolute Gasteiger partial charge is 0.319 e. The lowest BCUT2D eigenvalue weighted by atomic mass is 10.00. The third-order valence-electron chi connectivity index (χ3n) is 3.63. The Morgan fingerprint density at radius 2 is 2.16 bits per heavy atom. The highest BCUT2D eigenvalue weighted by molar-refractivity contribution is 7.87. The first-order valence-corrected chi connectivity index (χ1v) is 8.51. The van der Waals surface area contributed by atoms with Gasteiger partial charge in [0.05, 0.1) is 0 Å². The molecule has 0 spiro atoms. The fourth-order valence-corrected chi connectivity index (χ4v) is 3.62. The molecule has 19 heavy (non-hydrogen) atoms. The van der Waals surface area contributed by atoms with Crippen LogP contribution in [-0.4, -0.2) is 71.0 Å². The van der Waals surface area contributed by atoms with Crippen molar-refractivity contribution in [3.63, 3.8) is 0 Å². The van der Waals surface area contributed by atoms with Crippen LogP contribution in [0.2, 0.25) is 0 Å². The maximum atomic E-state index is 12.2. The van der Waals surface area contributed by atoms with Crippen LogP contribution in [0.5, 0.6) is 0 Å². The topological polar surface area (TPSA) is 64.7 Å². The summed E-state index contributed by atoms with van der Waals surface area (Å²) in [5.41, 5.74) is 0. The summed E-state index contributed by atoms with van der Waals surface area (Å²) in [4.78, 5) is 2.09. The molecule has 1 rings (SSSR count). The van der Waals surface area contributed by atoms with E-state index >= 15 is 0 Å². The van der Waals surface area contributed by atoms with Crippen molar-refractivity contribution in [3.05, 3.63) is 0 Å². The minimum absolute atomic E-state index is 0.425. The summed E-state index contributed by atoms with van der Waals surface area (Å²) in [6.07, 6.45) is 2.05. The van der Waals surface area contributed by atoms with Crippen molar-refractivity contribution in [3.8, 4) is 0 Å². The minimum Gasteiger partial charge on any atom is -0.319 e. The van der Waals surface area contributed by atoms with Crippen LogP contribution in [0.15, 0.2) is 0 Å². The lowest BCUT2D eigenvalue weighted by Gasteiger charge is -2.32. The van der Waals surface area contributed by atoms with Crippen LogP contribution in [0.4, 0.5) is 0 Å². The second-order valence-corrected chi connectivity index (χ2v) is 6.97. The normalized spacial score (nSPS) is 22.0. The molecule has 0 aromatic rings. The van der Waals surface area contributed by atoms with E-state index in [2.05, 4.69) is 21.9 Å². The summed E-state index contributed by atoms with van der Waals surface area (Å²) in [7, 11) is 0.584. The number of hydrogen-bond donors (Lipinski definition) is 2. The standard InChI is InChI=1S/C12H28N4O2S/c1-4-15(3)9-7-14-19(17,18)16-8-5-6-12(11-16)10-13-2/h12-14H,4-11H2,1-3H3. The molecule has 0 radical (unpaired) electrons. The molecule has 1 fully saturated rings. The molecule has 0 saturated carbocycles. The van der Waals surface area contributed by atoms with Crippen LogP contribution in [0.1, 0.15) is 19.8 Å². The highest BCUT2D eigenvalue weighted by atomic mass is 32.2. The van der Waals surface area contributed by atoms with Crippen LogP contribution < -0.4 is 10.0 Å². The maximum absolute atomic E-state index is 12.2. The summed E-state index contributed by atoms with van der Waals surface area (Å²) in [6, 6.07) is 0. The van der Waals surface area contributed by atoms with E-state index in [9.17, 15) is 8.42 Å². The van der Waals surface area contributed by atoms with Crippen LogP contribution in [-0.2, 0) is 10.2 Å². The van der Waals surface area contributed by atoms with Gasteiger partial charge in [0.1, 0.15) is 0 Å². The molecule has 1 atom stereocenters. The monoisotopic (exact) mass is 292 g/mol. The van der Waals surface area contributed by atoms with E-state index in [0.717, 1.165) is 32.5 Å². The third kappa shape index (κ3) is 5.74. The summed E-state index contributed by atoms with van der Waals surface area (Å²) in [5.74, 6) is 0.425. The predicted molar refractivity (Wildman–Crippen MR) is 78.3 cm³/mol. The maximum Gasteiger partial charge on any atom is 0.279 e. The first-order valence-electron chi connectivity index (χ1n) is 7.07. The third-order valence-corrected chi connectivity index (χ3v) is 5.21. The summed E-state index contributed by atoms with van der Waals surface area (Å²) >= 11 is 0. The SMILES string of the molecule is CCN(C)CCNS(=O)(=O)N1CCCC(CNC)C1. The Balaban J connectivity index is 2.43. The molecule has 0 bridgehead atoms. The van der Waals surface area contributed by atoms with Crippen molar-refractivity contribution in [1.82, 2.24) is 19.2 Å². The lowest BCUT2D eigenvalue weighted by molar-refractivity contribution is 0.260. The quantitative estimate of drug-likeness (QED) is 0.645. The van der Waals surface area contributed by atoms with Gasteiger partial charge in [-0.25, -0.2) is 4.72 Å². The van der Waals surface area contributed by atoms with Gasteiger partial charge >= 0.3 is 0 Å². The average molecular weight is 292 g/mol. The van der Waals surface area contributed by atoms with Gasteiger partial charge in [0, 0.05) is 26.2 Å². The number of nitrogens with one attached hydrogen (secondary N) is 2. The zero-order valence-electron chi connectivity index (χ0n) is 12.4. The molecule has 1 aliphatic rings. The first kappa shape index (κ1) is 16.8. The van der Waals surface area contributed by atoms with Crippen molar-refractivity contribution in [2.45, 2.75) is 19.8 Å². The zero-order valence-corrected chi connectivity index (χ0v) is 13.2. The molecule has 1 unspecified atom stereocenters. The molecule has 1 heterocycles. The molecule has 114 valence electrons. The van der Waals surface area contributed by atoms with E-state index < -0.39 is 10.2 Å². The molecule has 1 aliphatic heterocycles. The van der Waals surface area contributed by atoms with Crippen molar-refractivity contribution < 1.29 is 8.42 Å². The molecular formula is C12H28N4O2S. The Labute approximate surface area is 117 Å². The van der Waals surface area contributed by atoms with Crippen molar-refractivity contribution in [2.24, 2.45) is 5.92 Å². The Morgan fingerprint density at radius 1 is 1.42 bits per heavy atom. The zero-order chi connectivity index (χ0) is 14.3. The molecule has 1 saturated heterocycles. The van der Waals surface area contributed by atoms with Gasteiger partial charge in [-0.3, -0.25) is 0 Å². The van der Waals surface area contributed by atoms with E-state index in [1.807, 2.05) is 14.1 Å². The number of piperidine rings is 1. The van der Waals surface area contributed by atoms with Gasteiger partial charge in [-0.2, -0.15) is 12.7 Å². The molecule has 2 N–H and O–H groups in total. The Morgan fingerprint density at radius 3 is 2.79 bits per heavy atom. The predicted octanol–water partition coefficient (Wildman–Crippen LogP) is -0.296. The van der Waals surface area contributed by atoms with Gasteiger partial charge in [-0.1, -0.05) is 6.92 Å². The molecule has 0 aliphatic carbocycles. The van der Waals surface area contributed by atoms with Crippen LogP contribution >= 0.6 is 0 Å². The molecule has 0 aromatic carbocycles. The van der Waals surface area contributed by atoms with Gasteiger partial charge in [-0.05, 0) is 45.9 Å². The van der Waals surface area contributed by atoms with Gasteiger partial charge in [0.25, 0.3) is 10.2 Å². The van der Waals surface area contributed by atoms with E-state index in [0.29, 0.717) is 25.6 Å². The highest BCUT2D eigenvalue weighted by Crippen LogP contribution is 2.17. The fraction of sp³-hybridized carbons (Fsp3) is 1.00. The van der Waals surface area contributed by atoms with Crippen molar-refractivity contribution in [1.29, 1.82) is 0 Å². The lowest BCUT2D eigenvalue weighted by Crippen LogP contribution is -2.48. The summed E-state index contributed by atoms with van der Waals surface area (Å²) in [5, 5.41) is 3.13. The van der Waals surface area contributed by atoms with Crippen LogP contribution in [0.3, 0.4) is 0 Å². The Kier molecular flexibility index (Phi) is 7.23. The number of hydrogen-bond acceptors (Lipinski definition) is 4. The summed E-state index contributed by atoms with van der Waals surface area (Å²) < 4.78 is 28.6. The second kappa shape index (κ2) is 8.16.